The molecule has 1 aromatic carbocycles. The Hall–Kier alpha value is -0.910. The summed E-state index contributed by atoms with van der Waals surface area (Å²) < 4.78 is 5.55. The number of rotatable bonds is 6. The van der Waals surface area contributed by atoms with Crippen LogP contribution in [0.5, 0.6) is 5.75 Å². The third-order valence-corrected chi connectivity index (χ3v) is 4.50. The number of nitrogens with zero attached hydrogens (tertiary/aromatic N) is 1. The quantitative estimate of drug-likeness (QED) is 0.773. The maximum atomic E-state index is 10.00. The summed E-state index contributed by atoms with van der Waals surface area (Å²) in [7, 11) is 2.07. The van der Waals surface area contributed by atoms with Crippen molar-refractivity contribution in [1.29, 1.82) is 0 Å². The van der Waals surface area contributed by atoms with E-state index >= 15 is 0 Å². The predicted octanol–water partition coefficient (Wildman–Crippen LogP) is 1.45. The van der Waals surface area contributed by atoms with Crippen LogP contribution in [0.2, 0.25) is 0 Å². The molecule has 19 heavy (non-hydrogen) atoms. The van der Waals surface area contributed by atoms with Gasteiger partial charge in [-0.2, -0.15) is 11.8 Å². The van der Waals surface area contributed by atoms with Crippen molar-refractivity contribution in [2.45, 2.75) is 18.6 Å². The van der Waals surface area contributed by atoms with E-state index in [0.29, 0.717) is 24.9 Å². The Balaban J connectivity index is 1.71. The highest BCUT2D eigenvalue weighted by Gasteiger charge is 2.21. The van der Waals surface area contributed by atoms with Gasteiger partial charge in [0.25, 0.3) is 0 Å². The second kappa shape index (κ2) is 7.03. The van der Waals surface area contributed by atoms with Gasteiger partial charge in [-0.05, 0) is 43.5 Å². The lowest BCUT2D eigenvalue weighted by Gasteiger charge is -2.26. The van der Waals surface area contributed by atoms with Gasteiger partial charge in [0.05, 0.1) is 0 Å². The Morgan fingerprint density at radius 2 is 2.21 bits per heavy atom. The van der Waals surface area contributed by atoms with Crippen LogP contribution in [0.3, 0.4) is 0 Å². The summed E-state index contributed by atoms with van der Waals surface area (Å²) in [6.07, 6.45) is 0.750. The van der Waals surface area contributed by atoms with Gasteiger partial charge in [-0.1, -0.05) is 0 Å². The van der Waals surface area contributed by atoms with Gasteiger partial charge in [-0.25, -0.2) is 0 Å². The number of nitrogens with two attached hydrogens (primary N) is 1. The SMILES string of the molecule is CN(CC(O)COc1ccc(N)cc1)C1CCSC1. The van der Waals surface area contributed by atoms with Gasteiger partial charge in [0.1, 0.15) is 18.5 Å². The van der Waals surface area contributed by atoms with Crippen LogP contribution in [0, 0.1) is 0 Å². The molecular formula is C14H22N2O2S. The van der Waals surface area contributed by atoms with Crippen LogP contribution in [0.15, 0.2) is 24.3 Å². The molecule has 1 fully saturated rings. The molecule has 2 rings (SSSR count). The van der Waals surface area contributed by atoms with Gasteiger partial charge >= 0.3 is 0 Å². The third kappa shape index (κ3) is 4.60. The molecule has 2 unspecified atom stereocenters. The average Bonchev–Trinajstić information content (AvgIpc) is 2.92. The van der Waals surface area contributed by atoms with E-state index in [9.17, 15) is 5.11 Å². The van der Waals surface area contributed by atoms with Crippen LogP contribution < -0.4 is 10.5 Å². The van der Waals surface area contributed by atoms with E-state index in [1.54, 1.807) is 12.1 Å². The highest BCUT2D eigenvalue weighted by molar-refractivity contribution is 7.99. The number of nitrogen functional groups attached to an aromatic ring is 1. The first-order valence-corrected chi connectivity index (χ1v) is 7.75. The highest BCUT2D eigenvalue weighted by Crippen LogP contribution is 2.21. The van der Waals surface area contributed by atoms with Crippen molar-refractivity contribution in [1.82, 2.24) is 4.90 Å². The second-order valence-corrected chi connectivity index (χ2v) is 6.14. The van der Waals surface area contributed by atoms with Gasteiger partial charge in [0.15, 0.2) is 0 Å². The Bertz CT molecular complexity index is 380. The topological polar surface area (TPSA) is 58.7 Å². The normalized spacial score (nSPS) is 20.7. The van der Waals surface area contributed by atoms with Gasteiger partial charge in [-0.15, -0.1) is 0 Å². The number of benzene rings is 1. The Labute approximate surface area is 118 Å². The van der Waals surface area contributed by atoms with Crippen LogP contribution in [-0.2, 0) is 0 Å². The van der Waals surface area contributed by atoms with Crippen molar-refractivity contribution in [3.63, 3.8) is 0 Å². The van der Waals surface area contributed by atoms with Gasteiger partial charge < -0.3 is 15.6 Å². The summed E-state index contributed by atoms with van der Waals surface area (Å²) >= 11 is 1.98. The van der Waals surface area contributed by atoms with Crippen molar-refractivity contribution >= 4 is 17.4 Å². The molecule has 1 aliphatic heterocycles. The summed E-state index contributed by atoms with van der Waals surface area (Å²) in [5.74, 6) is 3.14. The van der Waals surface area contributed by atoms with Crippen molar-refractivity contribution in [3.05, 3.63) is 24.3 Å². The molecule has 0 aliphatic carbocycles. The first kappa shape index (κ1) is 14.5. The van der Waals surface area contributed by atoms with E-state index in [0.717, 1.165) is 5.75 Å². The number of aliphatic hydroxyl groups is 1. The van der Waals surface area contributed by atoms with E-state index in [4.69, 9.17) is 10.5 Å². The molecule has 0 aromatic heterocycles. The lowest BCUT2D eigenvalue weighted by Crippen LogP contribution is -2.39. The number of ether oxygens (including phenoxy) is 1. The molecule has 5 heteroatoms. The van der Waals surface area contributed by atoms with E-state index in [1.165, 1.54) is 17.9 Å². The zero-order valence-electron chi connectivity index (χ0n) is 11.3. The fraction of sp³-hybridized carbons (Fsp3) is 0.571. The lowest BCUT2D eigenvalue weighted by molar-refractivity contribution is 0.0665. The number of aliphatic hydroxyl groups excluding tert-OH is 1. The average molecular weight is 282 g/mol. The van der Waals surface area contributed by atoms with Gasteiger partial charge in [-0.3, -0.25) is 4.90 Å². The van der Waals surface area contributed by atoms with Crippen molar-refractivity contribution in [2.24, 2.45) is 0 Å². The minimum absolute atomic E-state index is 0.314. The maximum Gasteiger partial charge on any atom is 0.119 e. The zero-order chi connectivity index (χ0) is 13.7. The molecule has 1 heterocycles. The van der Waals surface area contributed by atoms with Crippen LogP contribution in [0.1, 0.15) is 6.42 Å². The van der Waals surface area contributed by atoms with E-state index in [-0.39, 0.29) is 0 Å². The molecule has 0 saturated carbocycles. The smallest absolute Gasteiger partial charge is 0.119 e. The monoisotopic (exact) mass is 282 g/mol. The van der Waals surface area contributed by atoms with Gasteiger partial charge in [0.2, 0.25) is 0 Å². The third-order valence-electron chi connectivity index (χ3n) is 3.35. The van der Waals surface area contributed by atoms with Crippen molar-refractivity contribution in [2.75, 3.05) is 37.4 Å². The molecule has 1 aliphatic rings. The Kier molecular flexibility index (Phi) is 5.36. The minimum Gasteiger partial charge on any atom is -0.491 e. The minimum atomic E-state index is -0.465. The molecule has 106 valence electrons. The number of likely N-dealkylation sites (N-methyl/N-ethyl adjacent to an activating group) is 1. The number of thioether (sulfide) groups is 1. The fourth-order valence-electron chi connectivity index (χ4n) is 2.16. The molecule has 2 atom stereocenters. The highest BCUT2D eigenvalue weighted by atomic mass is 32.2. The molecule has 3 N–H and O–H groups in total. The summed E-state index contributed by atoms with van der Waals surface area (Å²) in [6, 6.07) is 7.82. The van der Waals surface area contributed by atoms with Crippen molar-refractivity contribution < 1.29 is 9.84 Å². The summed E-state index contributed by atoms with van der Waals surface area (Å²) in [5.41, 5.74) is 6.32. The summed E-state index contributed by atoms with van der Waals surface area (Å²) in [4.78, 5) is 2.23. The molecule has 1 saturated heterocycles. The zero-order valence-corrected chi connectivity index (χ0v) is 12.1. The largest absolute Gasteiger partial charge is 0.491 e. The molecule has 0 bridgehead atoms. The first-order chi connectivity index (χ1) is 9.15. The molecule has 0 spiro atoms. The summed E-state index contributed by atoms with van der Waals surface area (Å²) in [5, 5.41) is 10.00. The van der Waals surface area contributed by atoms with Crippen molar-refractivity contribution in [3.8, 4) is 5.75 Å². The number of anilines is 1. The molecule has 0 amide bonds. The van der Waals surface area contributed by atoms with E-state index in [1.807, 2.05) is 23.9 Å². The second-order valence-electron chi connectivity index (χ2n) is 4.99. The van der Waals surface area contributed by atoms with Crippen LogP contribution in [0.4, 0.5) is 5.69 Å². The maximum absolute atomic E-state index is 10.00. The summed E-state index contributed by atoms with van der Waals surface area (Å²) in [6.45, 7) is 0.967. The van der Waals surface area contributed by atoms with E-state index in [2.05, 4.69) is 11.9 Å². The standard InChI is InChI=1S/C14H22N2O2S/c1-16(12-6-7-19-10-12)8-13(17)9-18-14-4-2-11(15)3-5-14/h2-5,12-13,17H,6-10,15H2,1H3. The molecule has 4 nitrogen and oxygen atoms in total. The Morgan fingerprint density at radius 3 is 2.84 bits per heavy atom. The molecular weight excluding hydrogens is 260 g/mol. The Morgan fingerprint density at radius 1 is 1.47 bits per heavy atom. The molecule has 1 aromatic rings. The number of hydrogen-bond acceptors (Lipinski definition) is 5. The molecule has 0 radical (unpaired) electrons. The van der Waals surface area contributed by atoms with Crippen LogP contribution in [0.25, 0.3) is 0 Å². The van der Waals surface area contributed by atoms with Gasteiger partial charge in [0, 0.05) is 24.0 Å². The first-order valence-electron chi connectivity index (χ1n) is 6.59. The van der Waals surface area contributed by atoms with E-state index < -0.39 is 6.10 Å². The van der Waals surface area contributed by atoms with Crippen LogP contribution >= 0.6 is 11.8 Å². The predicted molar refractivity (Wildman–Crippen MR) is 80.7 cm³/mol. The number of hydrogen-bond donors (Lipinski definition) is 2. The fourth-order valence-corrected chi connectivity index (χ4v) is 3.46. The van der Waals surface area contributed by atoms with Crippen LogP contribution in [-0.4, -0.2) is 53.9 Å². The lowest BCUT2D eigenvalue weighted by atomic mass is 10.2.